The van der Waals surface area contributed by atoms with E-state index in [9.17, 15) is 4.79 Å². The highest BCUT2D eigenvalue weighted by molar-refractivity contribution is 7.12. The van der Waals surface area contributed by atoms with Crippen LogP contribution < -0.4 is 16.0 Å². The monoisotopic (exact) mass is 408 g/mol. The number of anilines is 3. The van der Waals surface area contributed by atoms with Gasteiger partial charge in [0.1, 0.15) is 4.88 Å². The topological polar surface area (TPSA) is 84.5 Å². The Hall–Kier alpha value is -2.94. The fourth-order valence-electron chi connectivity index (χ4n) is 3.62. The molecule has 29 heavy (non-hydrogen) atoms. The molecular weight excluding hydrogens is 388 g/mol. The Morgan fingerprint density at radius 1 is 1.17 bits per heavy atom. The van der Waals surface area contributed by atoms with Crippen molar-refractivity contribution < 1.29 is 14.3 Å². The Balaban J connectivity index is 1.31. The molecule has 1 spiro atoms. The van der Waals surface area contributed by atoms with Crippen molar-refractivity contribution in [3.05, 3.63) is 70.2 Å². The average Bonchev–Trinajstić information content (AvgIpc) is 3.49. The maximum atomic E-state index is 12.9. The Morgan fingerprint density at radius 2 is 2.00 bits per heavy atom. The fourth-order valence-corrected chi connectivity index (χ4v) is 4.39. The Bertz CT molecular complexity index is 1030. The third-order valence-corrected chi connectivity index (χ3v) is 5.97. The minimum atomic E-state index is -0.740. The number of aromatic nitrogens is 1. The van der Waals surface area contributed by atoms with E-state index in [1.54, 1.807) is 12.4 Å². The molecule has 5 rings (SSSR count). The molecule has 7 nitrogen and oxygen atoms in total. The highest BCUT2D eigenvalue weighted by atomic mass is 32.1. The molecule has 0 bridgehead atoms. The van der Waals surface area contributed by atoms with Gasteiger partial charge in [0.05, 0.1) is 25.4 Å². The highest BCUT2D eigenvalue weighted by Gasteiger charge is 2.44. The number of benzene rings is 1. The van der Waals surface area contributed by atoms with E-state index in [1.807, 2.05) is 41.8 Å². The summed E-state index contributed by atoms with van der Waals surface area (Å²) in [6, 6.07) is 11.6. The van der Waals surface area contributed by atoms with Crippen molar-refractivity contribution in [3.63, 3.8) is 0 Å². The van der Waals surface area contributed by atoms with Gasteiger partial charge < -0.3 is 25.4 Å². The van der Waals surface area contributed by atoms with Crippen molar-refractivity contribution in [1.82, 2.24) is 4.98 Å². The molecule has 0 radical (unpaired) electrons. The van der Waals surface area contributed by atoms with Crippen molar-refractivity contribution in [2.24, 2.45) is 0 Å². The number of hydrogen-bond acceptors (Lipinski definition) is 7. The number of amides is 1. The van der Waals surface area contributed by atoms with E-state index in [2.05, 4.69) is 20.9 Å². The van der Waals surface area contributed by atoms with Gasteiger partial charge in [-0.15, -0.1) is 11.3 Å². The van der Waals surface area contributed by atoms with Crippen LogP contribution >= 0.6 is 11.3 Å². The summed E-state index contributed by atoms with van der Waals surface area (Å²) in [7, 11) is 0. The predicted molar refractivity (Wildman–Crippen MR) is 112 cm³/mol. The first kappa shape index (κ1) is 18.1. The van der Waals surface area contributed by atoms with E-state index in [0.29, 0.717) is 36.9 Å². The minimum absolute atomic E-state index is 0.148. The van der Waals surface area contributed by atoms with E-state index in [0.717, 1.165) is 22.5 Å². The summed E-state index contributed by atoms with van der Waals surface area (Å²) in [6.45, 7) is 2.34. The van der Waals surface area contributed by atoms with Crippen molar-refractivity contribution in [2.45, 2.75) is 12.3 Å². The first-order valence-electron chi connectivity index (χ1n) is 9.41. The molecule has 3 N–H and O–H groups in total. The van der Waals surface area contributed by atoms with Crippen LogP contribution in [-0.2, 0) is 21.8 Å². The molecule has 1 fully saturated rings. The number of thiophene rings is 1. The number of pyridine rings is 1. The van der Waals surface area contributed by atoms with Crippen LogP contribution in [0, 0.1) is 0 Å². The average molecular weight is 408 g/mol. The largest absolute Gasteiger partial charge is 0.380 e. The van der Waals surface area contributed by atoms with Gasteiger partial charge in [0.15, 0.2) is 0 Å². The van der Waals surface area contributed by atoms with Gasteiger partial charge in [-0.25, -0.2) is 0 Å². The molecule has 1 saturated heterocycles. The van der Waals surface area contributed by atoms with Crippen LogP contribution in [0.3, 0.4) is 0 Å². The van der Waals surface area contributed by atoms with Crippen molar-refractivity contribution >= 4 is 34.3 Å². The Morgan fingerprint density at radius 3 is 2.83 bits per heavy atom. The lowest BCUT2D eigenvalue weighted by Gasteiger charge is -2.21. The first-order valence-corrected chi connectivity index (χ1v) is 10.3. The molecule has 2 aromatic heterocycles. The van der Waals surface area contributed by atoms with E-state index < -0.39 is 5.79 Å². The zero-order valence-corrected chi connectivity index (χ0v) is 16.4. The molecule has 0 unspecified atom stereocenters. The molecule has 2 aliphatic heterocycles. The maximum Gasteiger partial charge on any atom is 0.267 e. The summed E-state index contributed by atoms with van der Waals surface area (Å²) in [4.78, 5) is 17.6. The molecule has 0 aliphatic carbocycles. The standard InChI is InChI=1S/C21H20N4O3S/c26-20(19-18(5-10-29-19)23-12-14-3-6-22-7-4-14)25-15-1-2-17-16(11-15)21(13-24-17)27-8-9-28-21/h1-7,10-11,23-24H,8-9,12-13H2,(H,25,26). The quantitative estimate of drug-likeness (QED) is 0.598. The number of carbonyl (C=O) groups is 1. The van der Waals surface area contributed by atoms with Gasteiger partial charge in [-0.2, -0.15) is 0 Å². The van der Waals surface area contributed by atoms with Gasteiger partial charge in [-0.05, 0) is 47.3 Å². The summed E-state index contributed by atoms with van der Waals surface area (Å²) in [6.07, 6.45) is 3.51. The highest BCUT2D eigenvalue weighted by Crippen LogP contribution is 2.42. The number of rotatable bonds is 5. The van der Waals surface area contributed by atoms with E-state index >= 15 is 0 Å². The fraction of sp³-hybridized carbons (Fsp3) is 0.238. The third-order valence-electron chi connectivity index (χ3n) is 5.06. The van der Waals surface area contributed by atoms with Crippen molar-refractivity contribution in [1.29, 1.82) is 0 Å². The molecule has 0 saturated carbocycles. The SMILES string of the molecule is O=C(Nc1ccc2c(c1)C1(CN2)OCCO1)c1sccc1NCc1ccncc1. The number of nitrogens with one attached hydrogen (secondary N) is 3. The van der Waals surface area contributed by atoms with Gasteiger partial charge in [0.2, 0.25) is 5.79 Å². The lowest BCUT2D eigenvalue weighted by Crippen LogP contribution is -2.29. The summed E-state index contributed by atoms with van der Waals surface area (Å²) in [5.74, 6) is -0.888. The molecule has 8 heteroatoms. The summed E-state index contributed by atoms with van der Waals surface area (Å²) in [5.41, 5.74) is 4.52. The van der Waals surface area contributed by atoms with Gasteiger partial charge in [-0.1, -0.05) is 0 Å². The molecule has 3 aromatic rings. The Kier molecular flexibility index (Phi) is 4.67. The van der Waals surface area contributed by atoms with Crippen LogP contribution in [0.5, 0.6) is 0 Å². The number of ether oxygens (including phenoxy) is 2. The van der Waals surface area contributed by atoms with E-state index in [-0.39, 0.29) is 5.91 Å². The van der Waals surface area contributed by atoms with Crippen LogP contribution in [0.15, 0.2) is 54.2 Å². The van der Waals surface area contributed by atoms with Gasteiger partial charge in [0, 0.05) is 35.9 Å². The van der Waals surface area contributed by atoms with Crippen LogP contribution in [0.4, 0.5) is 17.1 Å². The summed E-state index contributed by atoms with van der Waals surface area (Å²) < 4.78 is 11.7. The van der Waals surface area contributed by atoms with Crippen LogP contribution in [0.2, 0.25) is 0 Å². The lowest BCUT2D eigenvalue weighted by atomic mass is 10.1. The number of carbonyl (C=O) groups excluding carboxylic acids is 1. The zero-order valence-electron chi connectivity index (χ0n) is 15.6. The van der Waals surface area contributed by atoms with Crippen molar-refractivity contribution in [3.8, 4) is 0 Å². The number of hydrogen-bond donors (Lipinski definition) is 3. The zero-order chi connectivity index (χ0) is 19.7. The maximum absolute atomic E-state index is 12.9. The normalized spacial score (nSPS) is 16.4. The van der Waals surface area contributed by atoms with Crippen molar-refractivity contribution in [2.75, 3.05) is 35.7 Å². The molecule has 1 amide bonds. The van der Waals surface area contributed by atoms with E-state index in [1.165, 1.54) is 11.3 Å². The van der Waals surface area contributed by atoms with Crippen LogP contribution in [-0.4, -0.2) is 30.6 Å². The van der Waals surface area contributed by atoms with Gasteiger partial charge in [-0.3, -0.25) is 9.78 Å². The molecular formula is C21H20N4O3S. The smallest absolute Gasteiger partial charge is 0.267 e. The minimum Gasteiger partial charge on any atom is -0.380 e. The second-order valence-electron chi connectivity index (χ2n) is 6.89. The molecule has 148 valence electrons. The van der Waals surface area contributed by atoms with Crippen LogP contribution in [0.1, 0.15) is 20.8 Å². The number of fused-ring (bicyclic) bond motifs is 2. The van der Waals surface area contributed by atoms with Gasteiger partial charge in [0.25, 0.3) is 5.91 Å². The molecule has 2 aliphatic rings. The molecule has 1 aromatic carbocycles. The van der Waals surface area contributed by atoms with E-state index in [4.69, 9.17) is 9.47 Å². The second-order valence-corrected chi connectivity index (χ2v) is 7.81. The summed E-state index contributed by atoms with van der Waals surface area (Å²) in [5, 5.41) is 11.5. The number of nitrogens with zero attached hydrogens (tertiary/aromatic N) is 1. The third kappa shape index (κ3) is 3.46. The predicted octanol–water partition coefficient (Wildman–Crippen LogP) is 3.63. The Labute approximate surface area is 172 Å². The van der Waals surface area contributed by atoms with Gasteiger partial charge >= 0.3 is 0 Å². The summed E-state index contributed by atoms with van der Waals surface area (Å²) >= 11 is 1.41. The van der Waals surface area contributed by atoms with Crippen LogP contribution in [0.25, 0.3) is 0 Å². The molecule has 0 atom stereocenters. The second kappa shape index (κ2) is 7.47. The molecule has 4 heterocycles. The first-order chi connectivity index (χ1) is 14.2. The lowest BCUT2D eigenvalue weighted by molar-refractivity contribution is -0.148.